The first kappa shape index (κ1) is 15.3. The second-order valence-electron chi connectivity index (χ2n) is 5.66. The third-order valence-electron chi connectivity index (χ3n) is 4.50. The van der Waals surface area contributed by atoms with E-state index >= 15 is 0 Å². The van der Waals surface area contributed by atoms with Gasteiger partial charge in [-0.15, -0.1) is 12.4 Å². The van der Waals surface area contributed by atoms with Gasteiger partial charge in [0.25, 0.3) is 5.91 Å². The predicted molar refractivity (Wildman–Crippen MR) is 80.2 cm³/mol. The summed E-state index contributed by atoms with van der Waals surface area (Å²) >= 11 is 0. The number of halogens is 1. The lowest BCUT2D eigenvalue weighted by atomic mass is 10.1. The highest BCUT2D eigenvalue weighted by Crippen LogP contribution is 2.29. The van der Waals surface area contributed by atoms with Crippen LogP contribution in [0, 0.1) is 0 Å². The number of carbonyl (C=O) groups is 1. The molecule has 2 atom stereocenters. The Labute approximate surface area is 125 Å². The summed E-state index contributed by atoms with van der Waals surface area (Å²) in [5.41, 5.74) is 2.83. The van der Waals surface area contributed by atoms with Crippen molar-refractivity contribution >= 4 is 18.3 Å². The number of hydrogen-bond acceptors (Lipinski definition) is 3. The average molecular weight is 299 g/mol. The summed E-state index contributed by atoms with van der Waals surface area (Å²) in [6, 6.07) is 0.716. The number of hydrogen-bond donors (Lipinski definition) is 2. The minimum absolute atomic E-state index is 0. The Morgan fingerprint density at radius 1 is 1.45 bits per heavy atom. The summed E-state index contributed by atoms with van der Waals surface area (Å²) in [5.74, 6) is 0.109. The fraction of sp³-hybridized carbons (Fsp3) is 0.714. The lowest BCUT2D eigenvalue weighted by Gasteiger charge is -2.27. The Morgan fingerprint density at radius 3 is 3.00 bits per heavy atom. The van der Waals surface area contributed by atoms with Crippen LogP contribution in [0.4, 0.5) is 0 Å². The smallest absolute Gasteiger partial charge is 0.275 e. The number of aromatic amines is 1. The van der Waals surface area contributed by atoms with Gasteiger partial charge in [0.2, 0.25) is 0 Å². The van der Waals surface area contributed by atoms with Crippen molar-refractivity contribution in [2.75, 3.05) is 6.54 Å². The minimum atomic E-state index is 0. The number of rotatable bonds is 2. The van der Waals surface area contributed by atoms with E-state index < -0.39 is 0 Å². The summed E-state index contributed by atoms with van der Waals surface area (Å²) in [4.78, 5) is 14.8. The molecular weight excluding hydrogens is 276 g/mol. The predicted octanol–water partition coefficient (Wildman–Crippen LogP) is 1.88. The molecule has 6 heteroatoms. The van der Waals surface area contributed by atoms with Gasteiger partial charge in [0, 0.05) is 42.9 Å². The lowest BCUT2D eigenvalue weighted by molar-refractivity contribution is 0.0669. The lowest BCUT2D eigenvalue weighted by Crippen LogP contribution is -2.40. The molecule has 0 spiro atoms. The third-order valence-corrected chi connectivity index (χ3v) is 4.50. The standard InChI is InChI=1S/C14H22N4O.ClH/c1-3-10-5-4-9(2)18(10)14(19)13-11-8-15-7-6-12(11)16-17-13;/h9-10,15H,3-8H2,1-2H3,(H,16,17);1H. The van der Waals surface area contributed by atoms with Gasteiger partial charge in [0.1, 0.15) is 0 Å². The summed E-state index contributed by atoms with van der Waals surface area (Å²) < 4.78 is 0. The molecule has 5 nitrogen and oxygen atoms in total. The molecule has 1 amide bonds. The number of nitrogens with zero attached hydrogens (tertiary/aromatic N) is 2. The van der Waals surface area contributed by atoms with Crippen LogP contribution in [0.3, 0.4) is 0 Å². The number of amides is 1. The van der Waals surface area contributed by atoms with Gasteiger partial charge in [-0.1, -0.05) is 6.92 Å². The van der Waals surface area contributed by atoms with Crippen molar-refractivity contribution in [3.8, 4) is 0 Å². The second-order valence-corrected chi connectivity index (χ2v) is 5.66. The molecule has 2 unspecified atom stereocenters. The highest BCUT2D eigenvalue weighted by atomic mass is 35.5. The van der Waals surface area contributed by atoms with Gasteiger partial charge in [-0.3, -0.25) is 9.89 Å². The largest absolute Gasteiger partial charge is 0.332 e. The van der Waals surface area contributed by atoms with Crippen LogP contribution >= 0.6 is 12.4 Å². The third kappa shape index (κ3) is 2.44. The Bertz CT molecular complexity index is 488. The summed E-state index contributed by atoms with van der Waals surface area (Å²) in [6.45, 7) is 6.02. The zero-order valence-corrected chi connectivity index (χ0v) is 12.9. The van der Waals surface area contributed by atoms with Gasteiger partial charge in [0.05, 0.1) is 0 Å². The van der Waals surface area contributed by atoms with Crippen molar-refractivity contribution in [1.82, 2.24) is 20.4 Å². The Morgan fingerprint density at radius 2 is 2.25 bits per heavy atom. The van der Waals surface area contributed by atoms with Crippen LogP contribution in [-0.2, 0) is 13.0 Å². The van der Waals surface area contributed by atoms with Crippen LogP contribution in [0.5, 0.6) is 0 Å². The Balaban J connectivity index is 0.00000147. The van der Waals surface area contributed by atoms with Crippen LogP contribution in [-0.4, -0.2) is 39.6 Å². The Hall–Kier alpha value is -1.07. The van der Waals surface area contributed by atoms with Gasteiger partial charge < -0.3 is 10.2 Å². The summed E-state index contributed by atoms with van der Waals surface area (Å²) in [5, 5.41) is 10.6. The maximum Gasteiger partial charge on any atom is 0.275 e. The van der Waals surface area contributed by atoms with Crippen LogP contribution in [0.25, 0.3) is 0 Å². The van der Waals surface area contributed by atoms with E-state index in [1.807, 2.05) is 4.90 Å². The SMILES string of the molecule is CCC1CCC(C)N1C(=O)c1n[nH]c2c1CNCC2.Cl. The second kappa shape index (κ2) is 6.14. The number of likely N-dealkylation sites (tertiary alicyclic amines) is 1. The summed E-state index contributed by atoms with van der Waals surface area (Å²) in [6.07, 6.45) is 4.19. The molecule has 3 heterocycles. The van der Waals surface area contributed by atoms with Crippen molar-refractivity contribution in [3.05, 3.63) is 17.0 Å². The Kier molecular flexibility index (Phi) is 4.70. The van der Waals surface area contributed by atoms with E-state index in [1.54, 1.807) is 0 Å². The molecule has 1 saturated heterocycles. The highest BCUT2D eigenvalue weighted by molar-refractivity contribution is 5.94. The molecule has 1 aromatic rings. The maximum absolute atomic E-state index is 12.8. The van der Waals surface area contributed by atoms with Gasteiger partial charge >= 0.3 is 0 Å². The number of aromatic nitrogens is 2. The highest BCUT2D eigenvalue weighted by Gasteiger charge is 2.36. The minimum Gasteiger partial charge on any atom is -0.332 e. The van der Waals surface area contributed by atoms with Gasteiger partial charge in [-0.25, -0.2) is 0 Å². The molecule has 0 bridgehead atoms. The van der Waals surface area contributed by atoms with E-state index in [1.165, 1.54) is 0 Å². The molecule has 1 aromatic heterocycles. The van der Waals surface area contributed by atoms with E-state index in [0.29, 0.717) is 17.8 Å². The maximum atomic E-state index is 12.8. The quantitative estimate of drug-likeness (QED) is 0.876. The zero-order valence-electron chi connectivity index (χ0n) is 12.1. The van der Waals surface area contributed by atoms with Crippen molar-refractivity contribution < 1.29 is 4.79 Å². The van der Waals surface area contributed by atoms with Crippen LogP contribution in [0.2, 0.25) is 0 Å². The van der Waals surface area contributed by atoms with Crippen molar-refractivity contribution in [1.29, 1.82) is 0 Å². The van der Waals surface area contributed by atoms with E-state index in [0.717, 1.165) is 50.0 Å². The van der Waals surface area contributed by atoms with E-state index in [-0.39, 0.29) is 18.3 Å². The van der Waals surface area contributed by atoms with Crippen molar-refractivity contribution in [2.45, 2.75) is 58.2 Å². The van der Waals surface area contributed by atoms with E-state index in [2.05, 4.69) is 29.4 Å². The summed E-state index contributed by atoms with van der Waals surface area (Å²) in [7, 11) is 0. The molecule has 112 valence electrons. The molecule has 0 aliphatic carbocycles. The molecule has 2 aliphatic rings. The molecule has 0 radical (unpaired) electrons. The van der Waals surface area contributed by atoms with Crippen molar-refractivity contribution in [3.63, 3.8) is 0 Å². The van der Waals surface area contributed by atoms with Crippen LogP contribution in [0.15, 0.2) is 0 Å². The molecule has 2 aliphatic heterocycles. The topological polar surface area (TPSA) is 61.0 Å². The van der Waals surface area contributed by atoms with Gasteiger partial charge in [-0.2, -0.15) is 5.10 Å². The molecule has 20 heavy (non-hydrogen) atoms. The normalized spacial score (nSPS) is 25.2. The molecule has 2 N–H and O–H groups in total. The fourth-order valence-electron chi connectivity index (χ4n) is 3.36. The zero-order chi connectivity index (χ0) is 13.4. The van der Waals surface area contributed by atoms with Gasteiger partial charge in [-0.05, 0) is 26.2 Å². The van der Waals surface area contributed by atoms with Crippen LogP contribution < -0.4 is 5.32 Å². The molecule has 1 fully saturated rings. The number of nitrogens with one attached hydrogen (secondary N) is 2. The van der Waals surface area contributed by atoms with Crippen LogP contribution in [0.1, 0.15) is 54.9 Å². The molecule has 0 saturated carbocycles. The monoisotopic (exact) mass is 298 g/mol. The first-order valence-corrected chi connectivity index (χ1v) is 7.31. The molecular formula is C14H23ClN4O. The van der Waals surface area contributed by atoms with E-state index in [9.17, 15) is 4.79 Å². The average Bonchev–Trinajstić information content (AvgIpc) is 3.01. The molecule has 0 aromatic carbocycles. The number of fused-ring (bicyclic) bond motifs is 1. The van der Waals surface area contributed by atoms with Crippen molar-refractivity contribution in [2.24, 2.45) is 0 Å². The van der Waals surface area contributed by atoms with E-state index in [4.69, 9.17) is 0 Å². The number of H-pyrrole nitrogens is 1. The molecule has 3 rings (SSSR count). The fourth-order valence-corrected chi connectivity index (χ4v) is 3.36. The van der Waals surface area contributed by atoms with Gasteiger partial charge in [0.15, 0.2) is 5.69 Å². The first-order valence-electron chi connectivity index (χ1n) is 7.31. The number of carbonyl (C=O) groups excluding carboxylic acids is 1. The first-order chi connectivity index (χ1) is 9.22.